The quantitative estimate of drug-likeness (QED) is 0.159. The highest BCUT2D eigenvalue weighted by Crippen LogP contribution is 2.54. The average molecular weight is 716 g/mol. The molecule has 56 heavy (non-hydrogen) atoms. The second-order valence-corrected chi connectivity index (χ2v) is 15.4. The highest BCUT2D eigenvalue weighted by Gasteiger charge is 2.37. The first-order valence-corrected chi connectivity index (χ1v) is 19.5. The minimum atomic E-state index is -0.104. The van der Waals surface area contributed by atoms with E-state index in [-0.39, 0.29) is 5.41 Å². The van der Waals surface area contributed by atoms with Gasteiger partial charge in [0.25, 0.3) is 0 Å². The zero-order chi connectivity index (χ0) is 37.6. The van der Waals surface area contributed by atoms with Crippen molar-refractivity contribution in [2.75, 3.05) is 4.90 Å². The Morgan fingerprint density at radius 3 is 1.61 bits per heavy atom. The first-order valence-electron chi connectivity index (χ1n) is 19.5. The molecule has 0 atom stereocenters. The molecule has 0 saturated heterocycles. The number of rotatable bonds is 7. The fourth-order valence-corrected chi connectivity index (χ4v) is 8.79. The van der Waals surface area contributed by atoms with Gasteiger partial charge in [0.05, 0.1) is 5.69 Å². The van der Waals surface area contributed by atoms with Crippen molar-refractivity contribution in [1.29, 1.82) is 0 Å². The molecule has 1 aliphatic rings. The van der Waals surface area contributed by atoms with Crippen molar-refractivity contribution in [3.05, 3.63) is 223 Å². The molecule has 0 fully saturated rings. The van der Waals surface area contributed by atoms with Gasteiger partial charge in [0.15, 0.2) is 0 Å². The van der Waals surface area contributed by atoms with E-state index < -0.39 is 0 Å². The fraction of sp³-hybridized carbons (Fsp3) is 0.0545. The SMILES string of the molecule is CC1(C)c2ccccc2-c2c(N(c3ccc(-c4ccc(-c5ccc6ccccc6c5)cc4)cc3)c3cccc(-c4ccccc4-c4ccccc4)c3)cccc21. The number of hydrogen-bond donors (Lipinski definition) is 0. The van der Waals surface area contributed by atoms with Crippen LogP contribution in [0.5, 0.6) is 0 Å². The molecule has 0 spiro atoms. The maximum Gasteiger partial charge on any atom is 0.0543 e. The molecule has 0 N–H and O–H groups in total. The largest absolute Gasteiger partial charge is 0.310 e. The zero-order valence-electron chi connectivity index (χ0n) is 31.7. The third-order valence-electron chi connectivity index (χ3n) is 11.7. The summed E-state index contributed by atoms with van der Waals surface area (Å²) in [7, 11) is 0. The van der Waals surface area contributed by atoms with Gasteiger partial charge in [-0.3, -0.25) is 0 Å². The third kappa shape index (κ3) is 5.81. The predicted molar refractivity (Wildman–Crippen MR) is 238 cm³/mol. The molecule has 9 aromatic carbocycles. The normalized spacial score (nSPS) is 12.6. The van der Waals surface area contributed by atoms with Crippen LogP contribution in [0.1, 0.15) is 25.0 Å². The van der Waals surface area contributed by atoms with Gasteiger partial charge >= 0.3 is 0 Å². The molecule has 0 aromatic heterocycles. The molecule has 9 aromatic rings. The smallest absolute Gasteiger partial charge is 0.0543 e. The van der Waals surface area contributed by atoms with Crippen LogP contribution in [0, 0.1) is 0 Å². The lowest BCUT2D eigenvalue weighted by molar-refractivity contribution is 0.660. The van der Waals surface area contributed by atoms with Gasteiger partial charge in [-0.05, 0) is 108 Å². The maximum atomic E-state index is 2.46. The minimum absolute atomic E-state index is 0.104. The van der Waals surface area contributed by atoms with Crippen molar-refractivity contribution in [3.63, 3.8) is 0 Å². The second-order valence-electron chi connectivity index (χ2n) is 15.4. The van der Waals surface area contributed by atoms with E-state index in [1.165, 1.54) is 83.2 Å². The lowest BCUT2D eigenvalue weighted by Crippen LogP contribution is -2.16. The molecular formula is C55H41N. The Kier molecular flexibility index (Phi) is 8.23. The van der Waals surface area contributed by atoms with E-state index in [0.717, 1.165) is 11.4 Å². The Bertz CT molecular complexity index is 2860. The summed E-state index contributed by atoms with van der Waals surface area (Å²) in [5.74, 6) is 0. The summed E-state index contributed by atoms with van der Waals surface area (Å²) < 4.78 is 0. The van der Waals surface area contributed by atoms with Gasteiger partial charge in [-0.25, -0.2) is 0 Å². The van der Waals surface area contributed by atoms with Crippen LogP contribution in [0.4, 0.5) is 17.1 Å². The lowest BCUT2D eigenvalue weighted by atomic mass is 9.82. The average Bonchev–Trinajstić information content (AvgIpc) is 3.50. The van der Waals surface area contributed by atoms with Crippen molar-refractivity contribution in [2.24, 2.45) is 0 Å². The van der Waals surface area contributed by atoms with E-state index in [0.29, 0.717) is 0 Å². The Morgan fingerprint density at radius 1 is 0.321 bits per heavy atom. The van der Waals surface area contributed by atoms with Crippen LogP contribution in [0.15, 0.2) is 212 Å². The number of benzene rings is 9. The fourth-order valence-electron chi connectivity index (χ4n) is 8.79. The van der Waals surface area contributed by atoms with E-state index in [9.17, 15) is 0 Å². The van der Waals surface area contributed by atoms with Crippen LogP contribution in [0.2, 0.25) is 0 Å². The number of nitrogens with zero attached hydrogens (tertiary/aromatic N) is 1. The van der Waals surface area contributed by atoms with E-state index in [4.69, 9.17) is 0 Å². The Balaban J connectivity index is 1.08. The van der Waals surface area contributed by atoms with Crippen molar-refractivity contribution < 1.29 is 0 Å². The predicted octanol–water partition coefficient (Wildman–Crippen LogP) is 15.3. The van der Waals surface area contributed by atoms with Gasteiger partial charge in [-0.15, -0.1) is 0 Å². The van der Waals surface area contributed by atoms with Crippen LogP contribution in [0.25, 0.3) is 66.4 Å². The van der Waals surface area contributed by atoms with Gasteiger partial charge in [0, 0.05) is 22.4 Å². The van der Waals surface area contributed by atoms with Gasteiger partial charge in [-0.1, -0.05) is 190 Å². The highest BCUT2D eigenvalue weighted by atomic mass is 15.1. The topological polar surface area (TPSA) is 3.24 Å². The molecule has 10 rings (SSSR count). The molecule has 0 radical (unpaired) electrons. The third-order valence-corrected chi connectivity index (χ3v) is 11.7. The number of hydrogen-bond acceptors (Lipinski definition) is 1. The van der Waals surface area contributed by atoms with Gasteiger partial charge in [-0.2, -0.15) is 0 Å². The number of anilines is 3. The second kappa shape index (κ2) is 13.7. The minimum Gasteiger partial charge on any atom is -0.310 e. The lowest BCUT2D eigenvalue weighted by Gasteiger charge is -2.29. The van der Waals surface area contributed by atoms with E-state index in [1.807, 2.05) is 0 Å². The van der Waals surface area contributed by atoms with Crippen molar-refractivity contribution in [2.45, 2.75) is 19.3 Å². The summed E-state index contributed by atoms with van der Waals surface area (Å²) in [4.78, 5) is 2.46. The van der Waals surface area contributed by atoms with Crippen LogP contribution in [0.3, 0.4) is 0 Å². The summed E-state index contributed by atoms with van der Waals surface area (Å²) in [6.07, 6.45) is 0. The monoisotopic (exact) mass is 715 g/mol. The summed E-state index contributed by atoms with van der Waals surface area (Å²) in [5, 5.41) is 2.52. The zero-order valence-corrected chi connectivity index (χ0v) is 31.7. The first-order chi connectivity index (χ1) is 27.5. The Labute approximate surface area is 329 Å². The molecule has 0 amide bonds. The molecule has 1 nitrogen and oxygen atoms in total. The molecule has 1 aliphatic carbocycles. The summed E-state index contributed by atoms with van der Waals surface area (Å²) >= 11 is 0. The maximum absolute atomic E-state index is 2.46. The Morgan fingerprint density at radius 2 is 0.857 bits per heavy atom. The van der Waals surface area contributed by atoms with Gasteiger partial charge in [0.2, 0.25) is 0 Å². The number of fused-ring (bicyclic) bond motifs is 4. The molecule has 0 aliphatic heterocycles. The summed E-state index contributed by atoms with van der Waals surface area (Å²) in [6, 6.07) is 77.6. The van der Waals surface area contributed by atoms with E-state index in [2.05, 4.69) is 231 Å². The van der Waals surface area contributed by atoms with Gasteiger partial charge < -0.3 is 4.90 Å². The molecule has 266 valence electrons. The molecular weight excluding hydrogens is 675 g/mol. The molecule has 1 heteroatoms. The van der Waals surface area contributed by atoms with E-state index in [1.54, 1.807) is 0 Å². The standard InChI is InChI=1S/C55H41N/c1-55(2)51-23-11-10-22-50(51)54-52(55)24-13-25-53(54)56(47-19-12-18-45(37-47)49-21-9-8-20-48(49)42-15-4-3-5-16-42)46-34-32-40(33-35-46)39-26-28-41(29-27-39)44-31-30-38-14-6-7-17-43(38)36-44/h3-37H,1-2H3. The van der Waals surface area contributed by atoms with Crippen LogP contribution >= 0.6 is 0 Å². The van der Waals surface area contributed by atoms with Crippen molar-refractivity contribution in [1.82, 2.24) is 0 Å². The van der Waals surface area contributed by atoms with Crippen LogP contribution in [-0.4, -0.2) is 0 Å². The Hall–Kier alpha value is -6.96. The molecule has 0 unspecified atom stereocenters. The molecule has 0 bridgehead atoms. The van der Waals surface area contributed by atoms with Crippen LogP contribution in [-0.2, 0) is 5.41 Å². The molecule has 0 heterocycles. The van der Waals surface area contributed by atoms with Crippen molar-refractivity contribution >= 4 is 27.8 Å². The van der Waals surface area contributed by atoms with Crippen LogP contribution < -0.4 is 4.90 Å². The van der Waals surface area contributed by atoms with Gasteiger partial charge in [0.1, 0.15) is 0 Å². The first kappa shape index (κ1) is 33.6. The highest BCUT2D eigenvalue weighted by molar-refractivity contribution is 5.96. The molecule has 0 saturated carbocycles. The van der Waals surface area contributed by atoms with E-state index >= 15 is 0 Å². The van der Waals surface area contributed by atoms with Crippen molar-refractivity contribution in [3.8, 4) is 55.6 Å². The summed E-state index contributed by atoms with van der Waals surface area (Å²) in [5.41, 5.74) is 18.3. The summed E-state index contributed by atoms with van der Waals surface area (Å²) in [6.45, 7) is 4.71.